The van der Waals surface area contributed by atoms with Gasteiger partial charge >= 0.3 is 0 Å². The molecule has 0 fully saturated rings. The van der Waals surface area contributed by atoms with Crippen LogP contribution in [-0.2, 0) is 11.8 Å². The van der Waals surface area contributed by atoms with E-state index in [4.69, 9.17) is 5.73 Å². The Morgan fingerprint density at radius 3 is 2.50 bits per heavy atom. The molecule has 1 unspecified atom stereocenters. The maximum absolute atomic E-state index is 9.96. The molecule has 0 aromatic carbocycles. The van der Waals surface area contributed by atoms with E-state index >= 15 is 0 Å². The van der Waals surface area contributed by atoms with Gasteiger partial charge in [0.05, 0.1) is 5.60 Å². The van der Waals surface area contributed by atoms with Crippen LogP contribution in [-0.4, -0.2) is 37.1 Å². The Bertz CT molecular complexity index is 551. The van der Waals surface area contributed by atoms with Gasteiger partial charge in [0.2, 0.25) is 4.96 Å². The number of fused-ring (bicyclic) bond motifs is 1. The minimum absolute atomic E-state index is 0.110. The summed E-state index contributed by atoms with van der Waals surface area (Å²) in [6.07, 6.45) is 0.432. The zero-order valence-corrected chi connectivity index (χ0v) is 12.0. The molecule has 0 aliphatic heterocycles. The van der Waals surface area contributed by atoms with Crippen molar-refractivity contribution in [3.8, 4) is 0 Å². The topological polar surface area (TPSA) is 89.3 Å². The van der Waals surface area contributed by atoms with Crippen molar-refractivity contribution in [3.05, 3.63) is 10.8 Å². The zero-order valence-electron chi connectivity index (χ0n) is 11.1. The summed E-state index contributed by atoms with van der Waals surface area (Å²) in [5, 5.41) is 23.5. The first-order valence-corrected chi connectivity index (χ1v) is 6.69. The van der Waals surface area contributed by atoms with Gasteiger partial charge in [-0.25, -0.2) is 0 Å². The number of hydrogen-bond acceptors (Lipinski definition) is 6. The molecule has 2 aromatic rings. The molecule has 7 heteroatoms. The zero-order chi connectivity index (χ0) is 13.6. The maximum Gasteiger partial charge on any atom is 0.234 e. The molecule has 18 heavy (non-hydrogen) atoms. The van der Waals surface area contributed by atoms with Gasteiger partial charge in [-0.05, 0) is 6.92 Å². The normalized spacial score (nSPS) is 16.1. The van der Waals surface area contributed by atoms with Crippen molar-refractivity contribution in [2.24, 2.45) is 5.73 Å². The van der Waals surface area contributed by atoms with Gasteiger partial charge in [-0.1, -0.05) is 32.1 Å². The van der Waals surface area contributed by atoms with Crippen LogP contribution in [0.1, 0.15) is 38.5 Å². The van der Waals surface area contributed by atoms with Crippen molar-refractivity contribution in [3.63, 3.8) is 0 Å². The van der Waals surface area contributed by atoms with E-state index < -0.39 is 5.60 Å². The quantitative estimate of drug-likeness (QED) is 0.857. The first-order chi connectivity index (χ1) is 8.23. The molecule has 2 heterocycles. The van der Waals surface area contributed by atoms with Crippen LogP contribution in [0.25, 0.3) is 4.96 Å². The van der Waals surface area contributed by atoms with Gasteiger partial charge in [0.25, 0.3) is 0 Å². The number of aromatic nitrogens is 4. The van der Waals surface area contributed by atoms with E-state index in [0.717, 1.165) is 15.8 Å². The molecule has 0 saturated heterocycles. The maximum atomic E-state index is 9.96. The standard InChI is InChI=1S/C11H19N5OS/c1-10(2,3)8-13-14-9-16(8)15-7(18-9)5-11(4,17)6-12/h17H,5-6,12H2,1-4H3. The first-order valence-electron chi connectivity index (χ1n) is 5.87. The van der Waals surface area contributed by atoms with Crippen molar-refractivity contribution < 1.29 is 5.11 Å². The SMILES string of the molecule is CC(O)(CN)Cc1nn2c(C(C)(C)C)nnc2s1. The summed E-state index contributed by atoms with van der Waals surface area (Å²) in [6.45, 7) is 8.12. The summed E-state index contributed by atoms with van der Waals surface area (Å²) < 4.78 is 1.76. The van der Waals surface area contributed by atoms with Crippen molar-refractivity contribution in [2.75, 3.05) is 6.54 Å². The van der Waals surface area contributed by atoms with Crippen LogP contribution in [0.3, 0.4) is 0 Å². The highest BCUT2D eigenvalue weighted by atomic mass is 32.1. The fourth-order valence-corrected chi connectivity index (χ4v) is 2.61. The van der Waals surface area contributed by atoms with Crippen molar-refractivity contribution >= 4 is 16.3 Å². The second kappa shape index (κ2) is 4.25. The Labute approximate surface area is 110 Å². The van der Waals surface area contributed by atoms with Gasteiger partial charge in [0.15, 0.2) is 5.82 Å². The van der Waals surface area contributed by atoms with Crippen molar-refractivity contribution in [2.45, 2.75) is 45.1 Å². The number of aliphatic hydroxyl groups is 1. The predicted molar refractivity (Wildman–Crippen MR) is 70.7 cm³/mol. The molecule has 6 nitrogen and oxygen atoms in total. The largest absolute Gasteiger partial charge is 0.388 e. The van der Waals surface area contributed by atoms with Crippen LogP contribution in [0.4, 0.5) is 0 Å². The van der Waals surface area contributed by atoms with E-state index in [-0.39, 0.29) is 12.0 Å². The highest BCUT2D eigenvalue weighted by Crippen LogP contribution is 2.24. The third kappa shape index (κ3) is 2.52. The molecule has 2 rings (SSSR count). The molecular weight excluding hydrogens is 250 g/mol. The third-order valence-electron chi connectivity index (χ3n) is 2.68. The lowest BCUT2D eigenvalue weighted by molar-refractivity contribution is 0.0693. The average Bonchev–Trinajstić information content (AvgIpc) is 2.74. The van der Waals surface area contributed by atoms with Gasteiger partial charge < -0.3 is 10.8 Å². The Balaban J connectivity index is 2.37. The van der Waals surface area contributed by atoms with Gasteiger partial charge in [-0.2, -0.15) is 9.61 Å². The Morgan fingerprint density at radius 2 is 1.94 bits per heavy atom. The fraction of sp³-hybridized carbons (Fsp3) is 0.727. The van der Waals surface area contributed by atoms with Gasteiger partial charge in [-0.15, -0.1) is 10.2 Å². The molecule has 0 aliphatic rings. The second-order valence-corrected chi connectivity index (χ2v) is 6.88. The minimum Gasteiger partial charge on any atom is -0.388 e. The van der Waals surface area contributed by atoms with E-state index in [1.807, 2.05) is 0 Å². The number of hydrogen-bond donors (Lipinski definition) is 2. The van der Waals surface area contributed by atoms with E-state index in [1.54, 1.807) is 11.4 Å². The van der Waals surface area contributed by atoms with Crippen LogP contribution in [0.5, 0.6) is 0 Å². The van der Waals surface area contributed by atoms with Gasteiger partial charge in [0, 0.05) is 18.4 Å². The van der Waals surface area contributed by atoms with Gasteiger partial charge in [0.1, 0.15) is 5.01 Å². The number of rotatable bonds is 3. The molecule has 0 aliphatic carbocycles. The molecule has 1 atom stereocenters. The summed E-state index contributed by atoms with van der Waals surface area (Å²) in [6, 6.07) is 0. The third-order valence-corrected chi connectivity index (χ3v) is 3.57. The summed E-state index contributed by atoms with van der Waals surface area (Å²) in [4.78, 5) is 0.753. The van der Waals surface area contributed by atoms with E-state index in [0.29, 0.717) is 6.42 Å². The highest BCUT2D eigenvalue weighted by molar-refractivity contribution is 7.16. The molecule has 2 aromatic heterocycles. The lowest BCUT2D eigenvalue weighted by Crippen LogP contribution is -2.36. The summed E-state index contributed by atoms with van der Waals surface area (Å²) in [5.74, 6) is 0.826. The van der Waals surface area contributed by atoms with Crippen molar-refractivity contribution in [1.29, 1.82) is 0 Å². The monoisotopic (exact) mass is 269 g/mol. The molecule has 0 spiro atoms. The molecule has 0 bridgehead atoms. The van der Waals surface area contributed by atoms with Gasteiger partial charge in [-0.3, -0.25) is 0 Å². The average molecular weight is 269 g/mol. The molecular formula is C11H19N5OS. The summed E-state index contributed by atoms with van der Waals surface area (Å²) >= 11 is 1.44. The Hall–Kier alpha value is -1.05. The summed E-state index contributed by atoms with van der Waals surface area (Å²) in [7, 11) is 0. The number of nitrogens with zero attached hydrogens (tertiary/aromatic N) is 4. The highest BCUT2D eigenvalue weighted by Gasteiger charge is 2.26. The van der Waals surface area contributed by atoms with Crippen molar-refractivity contribution in [1.82, 2.24) is 19.8 Å². The van der Waals surface area contributed by atoms with E-state index in [2.05, 4.69) is 36.1 Å². The van der Waals surface area contributed by atoms with Crippen LogP contribution in [0.2, 0.25) is 0 Å². The van der Waals surface area contributed by atoms with Crippen LogP contribution >= 0.6 is 11.3 Å². The Kier molecular flexibility index (Phi) is 3.16. The second-order valence-electron chi connectivity index (χ2n) is 5.84. The number of nitrogens with two attached hydrogens (primary N) is 1. The lowest BCUT2D eigenvalue weighted by Gasteiger charge is -2.18. The molecule has 0 amide bonds. The van der Waals surface area contributed by atoms with Crippen LogP contribution < -0.4 is 5.73 Å². The molecule has 100 valence electrons. The smallest absolute Gasteiger partial charge is 0.234 e. The minimum atomic E-state index is -0.925. The molecule has 3 N–H and O–H groups in total. The van der Waals surface area contributed by atoms with E-state index in [1.165, 1.54) is 11.3 Å². The summed E-state index contributed by atoms with van der Waals surface area (Å²) in [5.41, 5.74) is 4.48. The predicted octanol–water partition coefficient (Wildman–Crippen LogP) is 0.735. The fourth-order valence-electron chi connectivity index (χ4n) is 1.59. The van der Waals surface area contributed by atoms with Crippen LogP contribution in [0, 0.1) is 0 Å². The first kappa shape index (κ1) is 13.4. The lowest BCUT2D eigenvalue weighted by atomic mass is 9.96. The van der Waals surface area contributed by atoms with E-state index in [9.17, 15) is 5.11 Å². The Morgan fingerprint density at radius 1 is 1.28 bits per heavy atom. The van der Waals surface area contributed by atoms with Crippen LogP contribution in [0.15, 0.2) is 0 Å². The molecule has 0 saturated carbocycles. The molecule has 0 radical (unpaired) electrons.